The maximum atomic E-state index is 11.3. The van der Waals surface area contributed by atoms with E-state index in [-0.39, 0.29) is 17.5 Å². The molecule has 0 aliphatic heterocycles. The molecule has 1 unspecified atom stereocenters. The number of carbonyl (C=O) groups is 1. The Morgan fingerprint density at radius 2 is 2.16 bits per heavy atom. The largest absolute Gasteiger partial charge is 0.474 e. The first-order chi connectivity index (χ1) is 9.04. The topological polar surface area (TPSA) is 91.2 Å². The Bertz CT molecular complexity index is 421. The lowest BCUT2D eigenvalue weighted by Gasteiger charge is -2.15. The molecular weight excluding hydrogens is 242 g/mol. The maximum Gasteiger partial charge on any atom is 0.254 e. The van der Waals surface area contributed by atoms with Gasteiger partial charge in [0.15, 0.2) is 0 Å². The summed E-state index contributed by atoms with van der Waals surface area (Å²) in [4.78, 5) is 15.3. The van der Waals surface area contributed by atoms with Gasteiger partial charge in [0.2, 0.25) is 5.88 Å². The zero-order valence-electron chi connectivity index (χ0n) is 11.7. The lowest BCUT2D eigenvalue weighted by molar-refractivity contribution is 0.0991. The van der Waals surface area contributed by atoms with E-state index >= 15 is 0 Å². The third-order valence-corrected chi connectivity index (χ3v) is 2.91. The van der Waals surface area contributed by atoms with Crippen molar-refractivity contribution in [1.29, 1.82) is 0 Å². The average molecular weight is 265 g/mol. The number of hydrogen-bond acceptors (Lipinski definition) is 4. The molecule has 1 aromatic heterocycles. The second kappa shape index (κ2) is 7.61. The molecule has 0 saturated heterocycles. The van der Waals surface area contributed by atoms with Gasteiger partial charge < -0.3 is 16.2 Å². The van der Waals surface area contributed by atoms with Crippen molar-refractivity contribution in [3.63, 3.8) is 0 Å². The summed E-state index contributed by atoms with van der Waals surface area (Å²) >= 11 is 0. The molecule has 1 heterocycles. The summed E-state index contributed by atoms with van der Waals surface area (Å²) in [5, 5.41) is 0. The van der Waals surface area contributed by atoms with Crippen molar-refractivity contribution in [2.24, 2.45) is 5.73 Å². The molecule has 1 atom stereocenters. The molecule has 4 N–H and O–H groups in total. The van der Waals surface area contributed by atoms with E-state index in [9.17, 15) is 4.79 Å². The number of hydrogen-bond donors (Lipinski definition) is 2. The third-order valence-electron chi connectivity index (χ3n) is 2.91. The van der Waals surface area contributed by atoms with Crippen molar-refractivity contribution < 1.29 is 9.53 Å². The molecular formula is C14H23N3O2. The van der Waals surface area contributed by atoms with E-state index in [2.05, 4.69) is 11.9 Å². The highest BCUT2D eigenvalue weighted by molar-refractivity contribution is 5.95. The van der Waals surface area contributed by atoms with E-state index < -0.39 is 5.91 Å². The van der Waals surface area contributed by atoms with E-state index in [0.717, 1.165) is 12.8 Å². The fraction of sp³-hybridized carbons (Fsp3) is 0.571. The van der Waals surface area contributed by atoms with Crippen LogP contribution in [0.3, 0.4) is 0 Å². The number of amides is 1. The molecule has 0 aromatic carbocycles. The van der Waals surface area contributed by atoms with Crippen molar-refractivity contribution in [1.82, 2.24) is 4.98 Å². The number of aromatic nitrogens is 1. The number of rotatable bonds is 8. The standard InChI is InChI=1S/C14H23N3O2/c1-3-4-5-6-7-10(2)19-14-12(13(16)18)8-11(15)9-17-14/h8-10H,3-7,15H2,1-2H3,(H2,16,18). The van der Waals surface area contributed by atoms with E-state index in [1.54, 1.807) is 0 Å². The molecule has 5 nitrogen and oxygen atoms in total. The van der Waals surface area contributed by atoms with Crippen molar-refractivity contribution in [3.8, 4) is 5.88 Å². The molecule has 0 aliphatic rings. The summed E-state index contributed by atoms with van der Waals surface area (Å²) in [5.41, 5.74) is 11.5. The predicted molar refractivity (Wildman–Crippen MR) is 76.0 cm³/mol. The van der Waals surface area contributed by atoms with Gasteiger partial charge in [-0.2, -0.15) is 0 Å². The van der Waals surface area contributed by atoms with Gasteiger partial charge in [-0.15, -0.1) is 0 Å². The summed E-state index contributed by atoms with van der Waals surface area (Å²) in [6.07, 6.45) is 7.15. The zero-order chi connectivity index (χ0) is 14.3. The Hall–Kier alpha value is -1.78. The summed E-state index contributed by atoms with van der Waals surface area (Å²) in [6, 6.07) is 1.49. The predicted octanol–water partition coefficient (Wildman–Crippen LogP) is 2.50. The molecule has 0 radical (unpaired) electrons. The average Bonchev–Trinajstić information content (AvgIpc) is 2.36. The van der Waals surface area contributed by atoms with Gasteiger partial charge in [-0.05, 0) is 25.8 Å². The minimum absolute atomic E-state index is 0.00563. The lowest BCUT2D eigenvalue weighted by Crippen LogP contribution is -2.18. The van der Waals surface area contributed by atoms with Gasteiger partial charge in [0.1, 0.15) is 5.56 Å². The Labute approximate surface area is 114 Å². The Morgan fingerprint density at radius 1 is 1.42 bits per heavy atom. The van der Waals surface area contributed by atoms with E-state index in [4.69, 9.17) is 16.2 Å². The van der Waals surface area contributed by atoms with Gasteiger partial charge in [0.25, 0.3) is 5.91 Å². The molecule has 1 aromatic rings. The molecule has 0 spiro atoms. The molecule has 5 heteroatoms. The van der Waals surface area contributed by atoms with Crippen LogP contribution in [0.1, 0.15) is 56.3 Å². The number of pyridine rings is 1. The highest BCUT2D eigenvalue weighted by atomic mass is 16.5. The van der Waals surface area contributed by atoms with Crippen LogP contribution in [0.2, 0.25) is 0 Å². The fourth-order valence-electron chi connectivity index (χ4n) is 1.85. The number of nitrogens with zero attached hydrogens (tertiary/aromatic N) is 1. The zero-order valence-corrected chi connectivity index (χ0v) is 11.7. The second-order valence-corrected chi connectivity index (χ2v) is 4.76. The van der Waals surface area contributed by atoms with Crippen LogP contribution in [0.5, 0.6) is 5.88 Å². The van der Waals surface area contributed by atoms with Crippen LogP contribution in [-0.4, -0.2) is 17.0 Å². The van der Waals surface area contributed by atoms with Crippen LogP contribution in [0.4, 0.5) is 5.69 Å². The van der Waals surface area contributed by atoms with E-state index in [1.807, 2.05) is 6.92 Å². The number of nitrogen functional groups attached to an aromatic ring is 1. The normalized spacial score (nSPS) is 12.1. The van der Waals surface area contributed by atoms with Gasteiger partial charge in [-0.3, -0.25) is 4.79 Å². The van der Waals surface area contributed by atoms with Gasteiger partial charge in [0, 0.05) is 0 Å². The van der Waals surface area contributed by atoms with Crippen LogP contribution in [0.15, 0.2) is 12.3 Å². The van der Waals surface area contributed by atoms with Gasteiger partial charge in [-0.1, -0.05) is 26.2 Å². The number of primary amides is 1. The van der Waals surface area contributed by atoms with Gasteiger partial charge in [0.05, 0.1) is 18.0 Å². The third kappa shape index (κ3) is 5.16. The summed E-state index contributed by atoms with van der Waals surface area (Å²) < 4.78 is 5.67. The van der Waals surface area contributed by atoms with Gasteiger partial charge >= 0.3 is 0 Å². The quantitative estimate of drug-likeness (QED) is 0.706. The van der Waals surface area contributed by atoms with E-state index in [0.29, 0.717) is 5.69 Å². The minimum atomic E-state index is -0.576. The first-order valence-electron chi connectivity index (χ1n) is 6.76. The monoisotopic (exact) mass is 265 g/mol. The number of ether oxygens (including phenoxy) is 1. The van der Waals surface area contributed by atoms with Crippen molar-refractivity contribution in [3.05, 3.63) is 17.8 Å². The van der Waals surface area contributed by atoms with E-state index in [1.165, 1.54) is 31.5 Å². The molecule has 1 amide bonds. The molecule has 19 heavy (non-hydrogen) atoms. The fourth-order valence-corrected chi connectivity index (χ4v) is 1.85. The van der Waals surface area contributed by atoms with Crippen LogP contribution in [0, 0.1) is 0 Å². The Morgan fingerprint density at radius 3 is 2.79 bits per heavy atom. The highest BCUT2D eigenvalue weighted by Gasteiger charge is 2.14. The summed E-state index contributed by atoms with van der Waals surface area (Å²) in [6.45, 7) is 4.14. The van der Waals surface area contributed by atoms with Crippen LogP contribution < -0.4 is 16.2 Å². The first kappa shape index (κ1) is 15.3. The molecule has 0 aliphatic carbocycles. The molecule has 0 bridgehead atoms. The number of nitrogens with two attached hydrogens (primary N) is 2. The maximum absolute atomic E-state index is 11.3. The van der Waals surface area contributed by atoms with Gasteiger partial charge in [-0.25, -0.2) is 4.98 Å². The second-order valence-electron chi connectivity index (χ2n) is 4.76. The molecule has 106 valence electrons. The SMILES string of the molecule is CCCCCCC(C)Oc1ncc(N)cc1C(N)=O. The van der Waals surface area contributed by atoms with Crippen LogP contribution in [-0.2, 0) is 0 Å². The first-order valence-corrected chi connectivity index (χ1v) is 6.76. The summed E-state index contributed by atoms with van der Waals surface area (Å²) in [5.74, 6) is -0.308. The number of anilines is 1. The Balaban J connectivity index is 2.58. The van der Waals surface area contributed by atoms with Crippen LogP contribution in [0.25, 0.3) is 0 Å². The van der Waals surface area contributed by atoms with Crippen LogP contribution >= 0.6 is 0 Å². The number of unbranched alkanes of at least 4 members (excludes halogenated alkanes) is 3. The number of carbonyl (C=O) groups excluding carboxylic acids is 1. The smallest absolute Gasteiger partial charge is 0.254 e. The molecule has 1 rings (SSSR count). The highest BCUT2D eigenvalue weighted by Crippen LogP contribution is 2.20. The molecule has 0 saturated carbocycles. The summed E-state index contributed by atoms with van der Waals surface area (Å²) in [7, 11) is 0. The lowest BCUT2D eigenvalue weighted by atomic mass is 10.1. The van der Waals surface area contributed by atoms with Crippen molar-refractivity contribution >= 4 is 11.6 Å². The molecule has 0 fully saturated rings. The van der Waals surface area contributed by atoms with Crippen molar-refractivity contribution in [2.75, 3.05) is 5.73 Å². The minimum Gasteiger partial charge on any atom is -0.474 e. The Kier molecular flexibility index (Phi) is 6.12. The van der Waals surface area contributed by atoms with Crippen molar-refractivity contribution in [2.45, 2.75) is 52.1 Å².